The van der Waals surface area contributed by atoms with Crippen molar-refractivity contribution in [1.29, 1.82) is 0 Å². The fourth-order valence-corrected chi connectivity index (χ4v) is 5.71. The van der Waals surface area contributed by atoms with E-state index in [4.69, 9.17) is 4.98 Å². The third-order valence-electron chi connectivity index (χ3n) is 7.27. The zero-order valence-corrected chi connectivity index (χ0v) is 17.8. The van der Waals surface area contributed by atoms with Gasteiger partial charge in [0.15, 0.2) is 7.85 Å². The second-order valence-corrected chi connectivity index (χ2v) is 9.39. The van der Waals surface area contributed by atoms with Gasteiger partial charge in [-0.2, -0.15) is 0 Å². The van der Waals surface area contributed by atoms with Crippen molar-refractivity contribution >= 4 is 24.2 Å². The van der Waals surface area contributed by atoms with E-state index in [2.05, 4.69) is 56.4 Å². The van der Waals surface area contributed by atoms with Crippen LogP contribution in [-0.2, 0) is 0 Å². The number of nitrogens with zero attached hydrogens (tertiary/aromatic N) is 1. The van der Waals surface area contributed by atoms with Gasteiger partial charge >= 0.3 is 0 Å². The first-order chi connectivity index (χ1) is 14.3. The van der Waals surface area contributed by atoms with E-state index >= 15 is 0 Å². The van der Waals surface area contributed by atoms with Gasteiger partial charge in [-0.3, -0.25) is 4.98 Å². The first-order valence-electron chi connectivity index (χ1n) is 11.8. The number of hydrogen-bond donors (Lipinski definition) is 0. The van der Waals surface area contributed by atoms with Crippen LogP contribution in [0.25, 0.3) is 22.0 Å². The van der Waals surface area contributed by atoms with Crippen LogP contribution < -0.4 is 5.59 Å². The molecule has 29 heavy (non-hydrogen) atoms. The predicted molar refractivity (Wildman–Crippen MR) is 127 cm³/mol. The minimum Gasteiger partial charge on any atom is -0.263 e. The largest absolute Gasteiger partial charge is 0.263 e. The Hall–Kier alpha value is -2.09. The summed E-state index contributed by atoms with van der Waals surface area (Å²) in [6.07, 6.45) is 13.8. The third-order valence-corrected chi connectivity index (χ3v) is 7.27. The molecule has 0 N–H and O–H groups in total. The van der Waals surface area contributed by atoms with Gasteiger partial charge in [0.1, 0.15) is 0 Å². The van der Waals surface area contributed by atoms with Crippen molar-refractivity contribution in [3.05, 3.63) is 59.7 Å². The van der Waals surface area contributed by atoms with Crippen LogP contribution in [0.15, 0.2) is 48.5 Å². The molecule has 2 aliphatic rings. The van der Waals surface area contributed by atoms with E-state index in [0.29, 0.717) is 0 Å². The summed E-state index contributed by atoms with van der Waals surface area (Å²) in [4.78, 5) is 5.04. The van der Waals surface area contributed by atoms with Gasteiger partial charge in [-0.15, -0.1) is 0 Å². The molecule has 1 heterocycles. The molecule has 0 saturated heterocycles. The highest BCUT2D eigenvalue weighted by molar-refractivity contribution is 6.32. The summed E-state index contributed by atoms with van der Waals surface area (Å²) >= 11 is 0. The Morgan fingerprint density at radius 2 is 1.28 bits per heavy atom. The highest BCUT2D eigenvalue weighted by Gasteiger charge is 2.22. The van der Waals surface area contributed by atoms with Crippen molar-refractivity contribution in [2.24, 2.45) is 0 Å². The van der Waals surface area contributed by atoms with Crippen LogP contribution in [0.4, 0.5) is 0 Å². The van der Waals surface area contributed by atoms with E-state index in [1.54, 1.807) is 11.1 Å². The lowest BCUT2D eigenvalue weighted by molar-refractivity contribution is 0.435. The van der Waals surface area contributed by atoms with E-state index < -0.39 is 0 Å². The molecule has 1 aromatic heterocycles. The van der Waals surface area contributed by atoms with Gasteiger partial charge in [0.2, 0.25) is 0 Å². The maximum Gasteiger partial charge on any atom is 0.163 e. The van der Waals surface area contributed by atoms with Gasteiger partial charge in [-0.1, -0.05) is 68.9 Å². The van der Waals surface area contributed by atoms with Gasteiger partial charge in [-0.25, -0.2) is 0 Å². The van der Waals surface area contributed by atoms with E-state index in [1.165, 1.54) is 86.2 Å². The highest BCUT2D eigenvalue weighted by Crippen LogP contribution is 2.40. The SMILES string of the molecule is Bc1cc2ccccc2c(-c2cc(C3CCCCC3)cc(C3CCCCC3)c2)n1. The van der Waals surface area contributed by atoms with Crippen LogP contribution in [0.1, 0.15) is 87.2 Å². The second kappa shape index (κ2) is 8.34. The summed E-state index contributed by atoms with van der Waals surface area (Å²) in [5.41, 5.74) is 6.79. The molecule has 0 spiro atoms. The molecule has 0 atom stereocenters. The van der Waals surface area contributed by atoms with Crippen LogP contribution in [0.5, 0.6) is 0 Å². The molecule has 2 aromatic carbocycles. The number of benzene rings is 2. The predicted octanol–water partition coefficient (Wildman–Crippen LogP) is 6.26. The van der Waals surface area contributed by atoms with Crippen LogP contribution >= 0.6 is 0 Å². The number of fused-ring (bicyclic) bond motifs is 1. The molecule has 0 unspecified atom stereocenters. The zero-order chi connectivity index (χ0) is 19.6. The van der Waals surface area contributed by atoms with Gasteiger partial charge < -0.3 is 0 Å². The minimum atomic E-state index is 0.738. The summed E-state index contributed by atoms with van der Waals surface area (Å²) in [7, 11) is 2.13. The second-order valence-electron chi connectivity index (χ2n) is 9.39. The lowest BCUT2D eigenvalue weighted by Crippen LogP contribution is -2.11. The van der Waals surface area contributed by atoms with Crippen molar-refractivity contribution in [3.63, 3.8) is 0 Å². The lowest BCUT2D eigenvalue weighted by atomic mass is 9.78. The summed E-state index contributed by atoms with van der Waals surface area (Å²) in [6.45, 7) is 0. The summed E-state index contributed by atoms with van der Waals surface area (Å²) in [6, 6.07) is 18.5. The highest BCUT2D eigenvalue weighted by atomic mass is 14.7. The molecular formula is C27H32BN. The Morgan fingerprint density at radius 3 is 1.90 bits per heavy atom. The molecule has 148 valence electrons. The quantitative estimate of drug-likeness (QED) is 0.488. The Labute approximate surface area is 176 Å². The Balaban J connectivity index is 1.65. The molecule has 2 saturated carbocycles. The molecule has 0 bridgehead atoms. The molecule has 3 aromatic rings. The van der Waals surface area contributed by atoms with E-state index in [1.807, 2.05) is 0 Å². The van der Waals surface area contributed by atoms with Crippen molar-refractivity contribution in [2.45, 2.75) is 76.0 Å². The monoisotopic (exact) mass is 381 g/mol. The van der Waals surface area contributed by atoms with Crippen molar-refractivity contribution in [1.82, 2.24) is 4.98 Å². The standard InChI is InChI=1S/C27H32BN/c28-26-18-21-13-7-8-14-25(21)27(29-26)24-16-22(19-9-3-1-4-10-19)15-23(17-24)20-11-5-2-6-12-20/h7-8,13-20H,1-6,9-12,28H2. The first kappa shape index (κ1) is 18.9. The normalized spacial score (nSPS) is 18.9. The Kier molecular flexibility index (Phi) is 5.44. The third kappa shape index (κ3) is 3.99. The molecule has 5 rings (SSSR count). The Morgan fingerprint density at radius 1 is 0.690 bits per heavy atom. The van der Waals surface area contributed by atoms with Crippen LogP contribution in [0.3, 0.4) is 0 Å². The van der Waals surface area contributed by atoms with Gasteiger partial charge in [-0.05, 0) is 77.8 Å². The molecule has 1 nitrogen and oxygen atoms in total. The molecule has 2 fully saturated rings. The summed E-state index contributed by atoms with van der Waals surface area (Å²) < 4.78 is 0. The summed E-state index contributed by atoms with van der Waals surface area (Å²) in [5, 5.41) is 2.59. The molecule has 0 radical (unpaired) electrons. The smallest absolute Gasteiger partial charge is 0.163 e. The number of rotatable bonds is 3. The van der Waals surface area contributed by atoms with Gasteiger partial charge in [0.25, 0.3) is 0 Å². The van der Waals surface area contributed by atoms with E-state index in [9.17, 15) is 0 Å². The topological polar surface area (TPSA) is 12.9 Å². The van der Waals surface area contributed by atoms with Gasteiger partial charge in [0, 0.05) is 10.9 Å². The lowest BCUT2D eigenvalue weighted by Gasteiger charge is -2.27. The maximum absolute atomic E-state index is 5.04. The average Bonchev–Trinajstić information content (AvgIpc) is 2.79. The summed E-state index contributed by atoms with van der Waals surface area (Å²) in [5.74, 6) is 1.48. The molecular weight excluding hydrogens is 349 g/mol. The van der Waals surface area contributed by atoms with E-state index in [0.717, 1.165) is 17.4 Å². The number of hydrogen-bond acceptors (Lipinski definition) is 1. The van der Waals surface area contributed by atoms with Crippen molar-refractivity contribution < 1.29 is 0 Å². The average molecular weight is 381 g/mol. The van der Waals surface area contributed by atoms with Gasteiger partial charge in [0.05, 0.1) is 5.69 Å². The fourth-order valence-electron chi connectivity index (χ4n) is 5.71. The van der Waals surface area contributed by atoms with Crippen molar-refractivity contribution in [3.8, 4) is 11.3 Å². The van der Waals surface area contributed by atoms with Crippen molar-refractivity contribution in [2.75, 3.05) is 0 Å². The number of pyridine rings is 1. The first-order valence-corrected chi connectivity index (χ1v) is 11.8. The molecule has 2 aliphatic carbocycles. The molecule has 2 heteroatoms. The van der Waals surface area contributed by atoms with Crippen LogP contribution in [-0.4, -0.2) is 12.8 Å². The number of aromatic nitrogens is 1. The zero-order valence-electron chi connectivity index (χ0n) is 17.8. The maximum atomic E-state index is 5.04. The van der Waals surface area contributed by atoms with Crippen LogP contribution in [0, 0.1) is 0 Å². The molecule has 0 amide bonds. The van der Waals surface area contributed by atoms with E-state index in [-0.39, 0.29) is 0 Å². The fraction of sp³-hybridized carbons (Fsp3) is 0.444. The Bertz CT molecular complexity index is 960. The van der Waals surface area contributed by atoms with Crippen LogP contribution in [0.2, 0.25) is 0 Å². The molecule has 0 aliphatic heterocycles. The minimum absolute atomic E-state index is 0.738.